The van der Waals surface area contributed by atoms with E-state index in [0.29, 0.717) is 4.78 Å². The molecule has 2 nitrogen and oxygen atoms in total. The van der Waals surface area contributed by atoms with E-state index in [2.05, 4.69) is 6.92 Å². The van der Waals surface area contributed by atoms with E-state index >= 15 is 0 Å². The molecule has 0 spiro atoms. The van der Waals surface area contributed by atoms with Gasteiger partial charge >= 0.3 is 7.12 Å². The monoisotopic (exact) mass is 380 g/mol. The van der Waals surface area contributed by atoms with Crippen LogP contribution in [0.5, 0.6) is 0 Å². The number of aryl methyl sites for hydroxylation is 1. The van der Waals surface area contributed by atoms with Crippen LogP contribution in [-0.4, -0.2) is 17.2 Å². The topological polar surface area (TPSA) is 40.5 Å². The minimum Gasteiger partial charge on any atom is -0.423 e. The molecule has 0 unspecified atom stereocenters. The van der Waals surface area contributed by atoms with Crippen molar-refractivity contribution in [2.24, 2.45) is 0 Å². The predicted octanol–water partition coefficient (Wildman–Crippen LogP) is 6.23. The first-order valence-electron chi connectivity index (χ1n) is 11.2. The summed E-state index contributed by atoms with van der Waals surface area (Å²) in [5.74, 6) is 0. The molecule has 4 heteroatoms. The highest BCUT2D eigenvalue weighted by molar-refractivity contribution is 7.22. The zero-order valence-electron chi connectivity index (χ0n) is 17.1. The summed E-state index contributed by atoms with van der Waals surface area (Å²) in [7, 11) is -1.31. The summed E-state index contributed by atoms with van der Waals surface area (Å²) in [6, 6.07) is 3.86. The van der Waals surface area contributed by atoms with E-state index in [4.69, 9.17) is 10.0 Å². The first-order valence-corrected chi connectivity index (χ1v) is 12.0. The summed E-state index contributed by atoms with van der Waals surface area (Å²) in [5.41, 5.74) is 0. The quantitative estimate of drug-likeness (QED) is 0.234. The zero-order chi connectivity index (χ0) is 18.9. The second kappa shape index (κ2) is 16.8. The molecular formula is C22H41BO2S. The van der Waals surface area contributed by atoms with Gasteiger partial charge in [0.1, 0.15) is 0 Å². The van der Waals surface area contributed by atoms with Gasteiger partial charge in [0.2, 0.25) is 0 Å². The lowest BCUT2D eigenvalue weighted by Crippen LogP contribution is -2.26. The molecule has 0 saturated carbocycles. The van der Waals surface area contributed by atoms with Crippen LogP contribution in [0.1, 0.15) is 115 Å². The van der Waals surface area contributed by atoms with Crippen LogP contribution in [0.4, 0.5) is 0 Å². The van der Waals surface area contributed by atoms with E-state index in [1.807, 2.05) is 12.1 Å². The van der Waals surface area contributed by atoms with E-state index in [1.54, 1.807) is 0 Å². The molecule has 1 aromatic heterocycles. The minimum atomic E-state index is -1.31. The Morgan fingerprint density at radius 1 is 0.654 bits per heavy atom. The Hall–Kier alpha value is -0.315. The Morgan fingerprint density at radius 2 is 1.08 bits per heavy atom. The molecule has 0 bridgehead atoms. The normalized spacial score (nSPS) is 11.2. The van der Waals surface area contributed by atoms with Gasteiger partial charge in [-0.15, -0.1) is 11.3 Å². The Kier molecular flexibility index (Phi) is 15.4. The van der Waals surface area contributed by atoms with E-state index in [9.17, 15) is 0 Å². The summed E-state index contributed by atoms with van der Waals surface area (Å²) in [5, 5.41) is 18.2. The van der Waals surface area contributed by atoms with Gasteiger partial charge in [0.05, 0.1) is 0 Å². The summed E-state index contributed by atoms with van der Waals surface area (Å²) in [6.45, 7) is 2.28. The number of thiophene rings is 1. The van der Waals surface area contributed by atoms with Gasteiger partial charge in [-0.1, -0.05) is 109 Å². The molecular weight excluding hydrogens is 339 g/mol. The first-order chi connectivity index (χ1) is 12.7. The van der Waals surface area contributed by atoms with Gasteiger partial charge in [-0.2, -0.15) is 0 Å². The van der Waals surface area contributed by atoms with E-state index in [-0.39, 0.29) is 0 Å². The standard InChI is InChI=1S/C22H41BO2S/c1-2-3-4-5-6-7-8-9-10-11-12-13-14-15-16-17-18-21-19-20-22(26-21)23(24)25/h19-20,24-25H,2-18H2,1H3. The molecule has 1 aromatic rings. The maximum absolute atomic E-state index is 9.12. The molecule has 0 fully saturated rings. The molecule has 0 aliphatic rings. The Bertz CT molecular complexity index is 420. The maximum Gasteiger partial charge on any atom is 0.499 e. The van der Waals surface area contributed by atoms with Crippen LogP contribution in [0, 0.1) is 0 Å². The van der Waals surface area contributed by atoms with E-state index in [1.165, 1.54) is 119 Å². The second-order valence-corrected chi connectivity index (χ2v) is 8.93. The lowest BCUT2D eigenvalue weighted by Gasteiger charge is -2.03. The Morgan fingerprint density at radius 3 is 1.46 bits per heavy atom. The molecule has 0 aliphatic carbocycles. The van der Waals surface area contributed by atoms with Crippen molar-refractivity contribution in [2.75, 3.05) is 0 Å². The predicted molar refractivity (Wildman–Crippen MR) is 117 cm³/mol. The first kappa shape index (κ1) is 23.7. The SMILES string of the molecule is CCCCCCCCCCCCCCCCCCc1ccc(B(O)O)s1. The number of unbranched alkanes of at least 4 members (excludes halogenated alkanes) is 15. The van der Waals surface area contributed by atoms with Crippen molar-refractivity contribution in [1.29, 1.82) is 0 Å². The fourth-order valence-electron chi connectivity index (χ4n) is 3.51. The van der Waals surface area contributed by atoms with Gasteiger partial charge in [0.25, 0.3) is 0 Å². The molecule has 0 aromatic carbocycles. The van der Waals surface area contributed by atoms with Crippen molar-refractivity contribution in [2.45, 2.75) is 116 Å². The Labute approximate surface area is 166 Å². The van der Waals surface area contributed by atoms with E-state index < -0.39 is 7.12 Å². The minimum absolute atomic E-state index is 0.663. The smallest absolute Gasteiger partial charge is 0.423 e. The fraction of sp³-hybridized carbons (Fsp3) is 0.818. The highest BCUT2D eigenvalue weighted by atomic mass is 32.1. The molecule has 26 heavy (non-hydrogen) atoms. The number of rotatable bonds is 18. The summed E-state index contributed by atoms with van der Waals surface area (Å²) >= 11 is 1.53. The average Bonchev–Trinajstić information content (AvgIpc) is 3.10. The van der Waals surface area contributed by atoms with Gasteiger partial charge in [-0.3, -0.25) is 0 Å². The molecule has 2 N–H and O–H groups in total. The number of hydrogen-bond donors (Lipinski definition) is 2. The van der Waals surface area contributed by atoms with Crippen LogP contribution in [0.2, 0.25) is 0 Å². The van der Waals surface area contributed by atoms with Gasteiger partial charge in [-0.05, 0) is 18.9 Å². The third-order valence-corrected chi connectivity index (χ3v) is 6.40. The zero-order valence-corrected chi connectivity index (χ0v) is 17.9. The molecule has 0 aliphatic heterocycles. The van der Waals surface area contributed by atoms with Crippen LogP contribution in [0.25, 0.3) is 0 Å². The van der Waals surface area contributed by atoms with Crippen molar-refractivity contribution in [3.05, 3.63) is 17.0 Å². The molecule has 0 atom stereocenters. The van der Waals surface area contributed by atoms with Crippen molar-refractivity contribution >= 4 is 23.2 Å². The summed E-state index contributed by atoms with van der Waals surface area (Å²) < 4.78 is 0.663. The van der Waals surface area contributed by atoms with E-state index in [0.717, 1.165) is 6.42 Å². The average molecular weight is 380 g/mol. The van der Waals surface area contributed by atoms with Gasteiger partial charge in [-0.25, -0.2) is 0 Å². The van der Waals surface area contributed by atoms with Crippen LogP contribution in [-0.2, 0) is 6.42 Å². The number of hydrogen-bond acceptors (Lipinski definition) is 3. The van der Waals surface area contributed by atoms with Gasteiger partial charge in [0, 0.05) is 9.65 Å². The lowest BCUT2D eigenvalue weighted by molar-refractivity contribution is 0.427. The molecule has 0 amide bonds. The third kappa shape index (κ3) is 12.9. The molecule has 0 radical (unpaired) electrons. The second-order valence-electron chi connectivity index (χ2n) is 7.73. The lowest BCUT2D eigenvalue weighted by atomic mass is 9.90. The van der Waals surface area contributed by atoms with Crippen molar-refractivity contribution in [3.8, 4) is 0 Å². The Balaban J connectivity index is 1.77. The highest BCUT2D eigenvalue weighted by Gasteiger charge is 2.13. The molecule has 150 valence electrons. The summed E-state index contributed by atoms with van der Waals surface area (Å²) in [6.07, 6.45) is 23.5. The summed E-state index contributed by atoms with van der Waals surface area (Å²) in [4.78, 5) is 1.28. The van der Waals surface area contributed by atoms with Crippen LogP contribution < -0.4 is 4.78 Å². The molecule has 0 saturated heterocycles. The maximum atomic E-state index is 9.12. The highest BCUT2D eigenvalue weighted by Crippen LogP contribution is 2.15. The van der Waals surface area contributed by atoms with Crippen molar-refractivity contribution in [1.82, 2.24) is 0 Å². The van der Waals surface area contributed by atoms with Crippen LogP contribution >= 0.6 is 11.3 Å². The molecule has 1 rings (SSSR count). The third-order valence-electron chi connectivity index (χ3n) is 5.21. The largest absolute Gasteiger partial charge is 0.499 e. The van der Waals surface area contributed by atoms with Crippen molar-refractivity contribution in [3.63, 3.8) is 0 Å². The van der Waals surface area contributed by atoms with Crippen molar-refractivity contribution < 1.29 is 10.0 Å². The fourth-order valence-corrected chi connectivity index (χ4v) is 4.44. The van der Waals surface area contributed by atoms with Crippen LogP contribution in [0.15, 0.2) is 12.1 Å². The molecule has 1 heterocycles. The van der Waals surface area contributed by atoms with Gasteiger partial charge in [0.15, 0.2) is 0 Å². The van der Waals surface area contributed by atoms with Gasteiger partial charge < -0.3 is 10.0 Å². The van der Waals surface area contributed by atoms with Crippen LogP contribution in [0.3, 0.4) is 0 Å².